The van der Waals surface area contributed by atoms with E-state index in [1.807, 2.05) is 20.8 Å². The fourth-order valence-electron chi connectivity index (χ4n) is 6.75. The van der Waals surface area contributed by atoms with Gasteiger partial charge in [-0.2, -0.15) is 0 Å². The summed E-state index contributed by atoms with van der Waals surface area (Å²) >= 11 is 0. The summed E-state index contributed by atoms with van der Waals surface area (Å²) in [6.07, 6.45) is 0. The number of hydrogen-bond donors (Lipinski definition) is 2. The van der Waals surface area contributed by atoms with Crippen molar-refractivity contribution in [3.8, 4) is 0 Å². The summed E-state index contributed by atoms with van der Waals surface area (Å²) in [7, 11) is -1.30. The van der Waals surface area contributed by atoms with Crippen LogP contribution in [-0.4, -0.2) is 26.1 Å². The SMILES string of the molecule is CC(C)(C)[S@@](=O)NC(C(=O)O)C12C3C4C5C3C1C5C42. The number of carboxylic acids is 1. The van der Waals surface area contributed by atoms with E-state index in [0.717, 1.165) is 23.7 Å². The molecule has 0 bridgehead atoms. The molecule has 0 aromatic rings. The van der Waals surface area contributed by atoms with Crippen LogP contribution in [0.15, 0.2) is 0 Å². The Bertz CT molecular complexity index is 501. The minimum Gasteiger partial charge on any atom is -0.480 e. The molecular weight excluding hydrogens is 262 g/mol. The number of carboxylic acid groups (broad SMARTS) is 1. The predicted octanol–water partition coefficient (Wildman–Crippen LogP) is 0.859. The van der Waals surface area contributed by atoms with Crippen molar-refractivity contribution < 1.29 is 14.1 Å². The maximum atomic E-state index is 12.3. The molecule has 1 unspecified atom stereocenters. The van der Waals surface area contributed by atoms with Crippen molar-refractivity contribution in [3.05, 3.63) is 0 Å². The molecule has 0 aliphatic heterocycles. The van der Waals surface area contributed by atoms with E-state index in [4.69, 9.17) is 0 Å². The molecule has 2 N–H and O–H groups in total. The molecule has 0 aromatic heterocycles. The molecule has 6 aliphatic carbocycles. The number of rotatable bonds is 4. The van der Waals surface area contributed by atoms with Crippen LogP contribution >= 0.6 is 0 Å². The minimum absolute atomic E-state index is 0.00148. The van der Waals surface area contributed by atoms with E-state index in [9.17, 15) is 14.1 Å². The zero-order valence-corrected chi connectivity index (χ0v) is 12.1. The first kappa shape index (κ1) is 11.3. The molecule has 6 saturated carbocycles. The lowest BCUT2D eigenvalue weighted by atomic mass is 8.96. The quantitative estimate of drug-likeness (QED) is 0.803. The first-order valence-corrected chi connectivity index (χ1v) is 8.38. The second kappa shape index (κ2) is 2.67. The van der Waals surface area contributed by atoms with Crippen molar-refractivity contribution in [3.63, 3.8) is 0 Å². The van der Waals surface area contributed by atoms with Crippen LogP contribution in [0.2, 0.25) is 0 Å². The average molecular weight is 281 g/mol. The number of carbonyl (C=O) groups is 1. The lowest BCUT2D eigenvalue weighted by Crippen LogP contribution is -3.07. The fraction of sp³-hybridized carbons (Fsp3) is 0.929. The zero-order chi connectivity index (χ0) is 13.5. The maximum Gasteiger partial charge on any atom is 0.322 e. The molecule has 0 saturated heterocycles. The zero-order valence-electron chi connectivity index (χ0n) is 11.3. The van der Waals surface area contributed by atoms with Gasteiger partial charge >= 0.3 is 5.97 Å². The molecule has 6 rings (SSSR count). The van der Waals surface area contributed by atoms with Gasteiger partial charge in [0.05, 0.1) is 15.7 Å². The lowest BCUT2D eigenvalue weighted by molar-refractivity contribution is -0.616. The smallest absolute Gasteiger partial charge is 0.322 e. The lowest BCUT2D eigenvalue weighted by Gasteiger charge is -3.08. The normalized spacial score (nSPS) is 60.5. The molecule has 19 heavy (non-hydrogen) atoms. The summed E-state index contributed by atoms with van der Waals surface area (Å²) < 4.78 is 14.8. The summed E-state index contributed by atoms with van der Waals surface area (Å²) in [5.41, 5.74) is 0.00148. The number of hydrogen-bond acceptors (Lipinski definition) is 2. The van der Waals surface area contributed by atoms with E-state index in [1.165, 1.54) is 0 Å². The summed E-state index contributed by atoms with van der Waals surface area (Å²) in [6.45, 7) is 5.65. The van der Waals surface area contributed by atoms with Gasteiger partial charge in [0.25, 0.3) is 0 Å². The van der Waals surface area contributed by atoms with Crippen molar-refractivity contribution in [1.82, 2.24) is 4.72 Å². The molecule has 2 atom stereocenters. The van der Waals surface area contributed by atoms with E-state index in [-0.39, 0.29) is 5.41 Å². The molecule has 0 spiro atoms. The Hall–Kier alpha value is -0.420. The van der Waals surface area contributed by atoms with Crippen LogP contribution in [0.5, 0.6) is 0 Å². The van der Waals surface area contributed by atoms with Gasteiger partial charge in [0.15, 0.2) is 0 Å². The third-order valence-electron chi connectivity index (χ3n) is 7.08. The molecule has 0 heterocycles. The van der Waals surface area contributed by atoms with Crippen molar-refractivity contribution in [1.29, 1.82) is 0 Å². The molecular formula is C14H19NO3S. The molecule has 5 heteroatoms. The number of aliphatic carboxylic acids is 1. The molecule has 0 radical (unpaired) electrons. The summed E-state index contributed by atoms with van der Waals surface area (Å²) in [6, 6.07) is -0.586. The second-order valence-corrected chi connectivity index (χ2v) is 10.2. The predicted molar refractivity (Wildman–Crippen MR) is 69.3 cm³/mol. The van der Waals surface area contributed by atoms with Gasteiger partial charge in [-0.1, -0.05) is 0 Å². The summed E-state index contributed by atoms with van der Waals surface area (Å²) in [5, 5.41) is 9.59. The van der Waals surface area contributed by atoms with Crippen molar-refractivity contribution >= 4 is 17.0 Å². The van der Waals surface area contributed by atoms with Gasteiger partial charge in [-0.05, 0) is 62.2 Å². The highest BCUT2D eigenvalue weighted by atomic mass is 32.2. The van der Waals surface area contributed by atoms with Gasteiger partial charge < -0.3 is 5.11 Å². The fourth-order valence-corrected chi connectivity index (χ4v) is 7.62. The topological polar surface area (TPSA) is 66.4 Å². The van der Waals surface area contributed by atoms with E-state index in [1.54, 1.807) is 0 Å². The largest absolute Gasteiger partial charge is 0.480 e. The molecule has 4 nitrogen and oxygen atoms in total. The first-order chi connectivity index (χ1) is 8.83. The second-order valence-electron chi connectivity index (χ2n) is 8.16. The van der Waals surface area contributed by atoms with Gasteiger partial charge in [0.1, 0.15) is 6.04 Å². The highest BCUT2D eigenvalue weighted by Crippen LogP contribution is 3.06. The van der Waals surface area contributed by atoms with Crippen LogP contribution in [-0.2, 0) is 15.8 Å². The standard InChI is InChI=1S/C14H19NO3S/c1-13(2,3)19(18)15-11(12(16)17)14-8-5-4-6(8)10(14)7(4)9(5)14/h4-11,15H,1-3H3,(H,16,17)/t4?,5?,6?,7?,8?,9?,10?,11?,14?,19-/m1/s1. The van der Waals surface area contributed by atoms with Crippen LogP contribution in [0.3, 0.4) is 0 Å². The Balaban J connectivity index is 1.43. The Kier molecular flexibility index (Phi) is 1.58. The molecule has 104 valence electrons. The van der Waals surface area contributed by atoms with Crippen molar-refractivity contribution in [2.75, 3.05) is 0 Å². The molecule has 6 aliphatic rings. The Labute approximate surface area is 114 Å². The van der Waals surface area contributed by atoms with Crippen molar-refractivity contribution in [2.45, 2.75) is 31.6 Å². The van der Waals surface area contributed by atoms with Gasteiger partial charge in [-0.15, -0.1) is 0 Å². The van der Waals surface area contributed by atoms with Crippen LogP contribution < -0.4 is 4.72 Å². The van der Waals surface area contributed by atoms with Gasteiger partial charge in [0.2, 0.25) is 0 Å². The van der Waals surface area contributed by atoms with Crippen LogP contribution in [0.4, 0.5) is 0 Å². The van der Waals surface area contributed by atoms with E-state index in [0.29, 0.717) is 17.8 Å². The molecule has 0 amide bonds. The van der Waals surface area contributed by atoms with E-state index >= 15 is 0 Å². The Morgan fingerprint density at radius 1 is 1.16 bits per heavy atom. The number of nitrogens with one attached hydrogen (secondary N) is 1. The summed E-state index contributed by atoms with van der Waals surface area (Å²) in [5.74, 6) is 4.71. The average Bonchev–Trinajstić information content (AvgIpc) is 2.34. The highest BCUT2D eigenvalue weighted by Gasteiger charge is 3.05. The molecule has 0 aromatic carbocycles. The first-order valence-electron chi connectivity index (χ1n) is 7.23. The third-order valence-corrected chi connectivity index (χ3v) is 8.64. The maximum absolute atomic E-state index is 12.3. The third kappa shape index (κ3) is 0.788. The van der Waals surface area contributed by atoms with Crippen LogP contribution in [0, 0.1) is 46.8 Å². The Morgan fingerprint density at radius 2 is 1.63 bits per heavy atom. The van der Waals surface area contributed by atoms with Crippen molar-refractivity contribution in [2.24, 2.45) is 46.8 Å². The van der Waals surface area contributed by atoms with Gasteiger partial charge in [0, 0.05) is 5.41 Å². The minimum atomic E-state index is -1.30. The summed E-state index contributed by atoms with van der Waals surface area (Å²) in [4.78, 5) is 11.7. The highest BCUT2D eigenvalue weighted by molar-refractivity contribution is 7.84. The Morgan fingerprint density at radius 3 is 2.00 bits per heavy atom. The van der Waals surface area contributed by atoms with E-state index < -0.39 is 27.7 Å². The monoisotopic (exact) mass is 281 g/mol. The molecule has 6 fully saturated rings. The van der Waals surface area contributed by atoms with Crippen LogP contribution in [0.1, 0.15) is 20.8 Å². The van der Waals surface area contributed by atoms with Gasteiger partial charge in [-0.3, -0.25) is 4.79 Å². The van der Waals surface area contributed by atoms with Gasteiger partial charge in [-0.25, -0.2) is 8.93 Å². The van der Waals surface area contributed by atoms with E-state index in [2.05, 4.69) is 4.72 Å². The van der Waals surface area contributed by atoms with Crippen LogP contribution in [0.25, 0.3) is 0 Å².